The standard InChI is InChI=1S/C77H130O6/c1-4-7-10-13-16-19-22-25-28-31-32-33-34-35-36-37-38-39-40-41-42-43-44-47-49-52-55-58-61-64-67-70-76(79)82-73-74(83-77(80)71-68-65-62-59-56-53-50-46-30-27-24-21-18-15-12-9-6-3)72-81-75(78)69-66-63-60-57-54-51-48-45-29-26-23-20-17-14-11-8-5-2/h7,9-10,12,16-21,25-30,32-33,50,53,74H,4-6,8,11,13-15,22-24,31,34-49,51-52,54-73H2,1-3H3/b10-7-,12-9-,19-16-,20-17-,21-18-,28-25-,29-26-,30-27-,33-32-,53-50-. The molecule has 1 unspecified atom stereocenters. The summed E-state index contributed by atoms with van der Waals surface area (Å²) in [6.07, 6.45) is 98.0. The van der Waals surface area contributed by atoms with E-state index in [1.165, 1.54) is 154 Å². The van der Waals surface area contributed by atoms with Crippen LogP contribution in [0.15, 0.2) is 122 Å². The van der Waals surface area contributed by atoms with Gasteiger partial charge in [0.05, 0.1) is 0 Å². The van der Waals surface area contributed by atoms with E-state index in [2.05, 4.69) is 142 Å². The van der Waals surface area contributed by atoms with Gasteiger partial charge in [0.2, 0.25) is 0 Å². The van der Waals surface area contributed by atoms with Crippen LogP contribution in [-0.2, 0) is 28.6 Å². The van der Waals surface area contributed by atoms with Crippen molar-refractivity contribution in [3.05, 3.63) is 122 Å². The highest BCUT2D eigenvalue weighted by atomic mass is 16.6. The van der Waals surface area contributed by atoms with Gasteiger partial charge in [-0.1, -0.05) is 303 Å². The lowest BCUT2D eigenvalue weighted by Gasteiger charge is -2.18. The fourth-order valence-electron chi connectivity index (χ4n) is 9.75. The molecule has 474 valence electrons. The number of rotatable bonds is 63. The van der Waals surface area contributed by atoms with Crippen LogP contribution in [0.2, 0.25) is 0 Å². The first-order valence-electron chi connectivity index (χ1n) is 35.0. The Hall–Kier alpha value is -4.19. The second-order valence-corrected chi connectivity index (χ2v) is 23.0. The molecular formula is C77H130O6. The van der Waals surface area contributed by atoms with Crippen molar-refractivity contribution >= 4 is 17.9 Å². The van der Waals surface area contributed by atoms with Crippen LogP contribution >= 0.6 is 0 Å². The van der Waals surface area contributed by atoms with Gasteiger partial charge in [0.15, 0.2) is 6.10 Å². The zero-order valence-corrected chi connectivity index (χ0v) is 54.4. The van der Waals surface area contributed by atoms with E-state index in [0.29, 0.717) is 19.3 Å². The number of ether oxygens (including phenoxy) is 3. The Bertz CT molecular complexity index is 1700. The van der Waals surface area contributed by atoms with Crippen molar-refractivity contribution in [2.45, 2.75) is 335 Å². The van der Waals surface area contributed by atoms with E-state index >= 15 is 0 Å². The summed E-state index contributed by atoms with van der Waals surface area (Å²) >= 11 is 0. The van der Waals surface area contributed by atoms with Crippen LogP contribution in [0.25, 0.3) is 0 Å². The maximum atomic E-state index is 12.9. The summed E-state index contributed by atoms with van der Waals surface area (Å²) in [7, 11) is 0. The molecule has 1 atom stereocenters. The van der Waals surface area contributed by atoms with Gasteiger partial charge in [0.1, 0.15) is 13.2 Å². The number of esters is 3. The summed E-state index contributed by atoms with van der Waals surface area (Å²) in [4.78, 5) is 38.4. The first-order chi connectivity index (χ1) is 41.0. The van der Waals surface area contributed by atoms with Gasteiger partial charge in [0, 0.05) is 19.3 Å². The Morgan fingerprint density at radius 3 is 0.735 bits per heavy atom. The number of allylic oxidation sites excluding steroid dienone is 20. The maximum absolute atomic E-state index is 12.9. The molecule has 0 aliphatic carbocycles. The topological polar surface area (TPSA) is 78.9 Å². The Labute approximate surface area is 513 Å². The Morgan fingerprint density at radius 1 is 0.253 bits per heavy atom. The molecule has 83 heavy (non-hydrogen) atoms. The van der Waals surface area contributed by atoms with Gasteiger partial charge in [-0.15, -0.1) is 0 Å². The molecule has 0 saturated heterocycles. The third-order valence-electron chi connectivity index (χ3n) is 14.9. The number of hydrogen-bond acceptors (Lipinski definition) is 6. The Morgan fingerprint density at radius 2 is 0.470 bits per heavy atom. The molecule has 0 spiro atoms. The largest absolute Gasteiger partial charge is 0.462 e. The SMILES string of the molecule is CC/C=C\C/C=C\C/C=C\C/C=C\CCCCCCCCCCCCCCCCCCCCC(=O)OCC(COC(=O)CCCCCCCCC/C=C\C/C=C\CCCCC)OC(=O)CCCCCC/C=C\C/C=C\C/C=C\C/C=C\CC. The normalized spacial score (nSPS) is 12.9. The Balaban J connectivity index is 4.28. The minimum absolute atomic E-state index is 0.0900. The number of carbonyl (C=O) groups is 3. The van der Waals surface area contributed by atoms with Gasteiger partial charge in [-0.3, -0.25) is 14.4 Å². The summed E-state index contributed by atoms with van der Waals surface area (Å²) in [6, 6.07) is 0. The molecule has 0 aliphatic heterocycles. The molecule has 0 radical (unpaired) electrons. The molecule has 0 fully saturated rings. The van der Waals surface area contributed by atoms with Crippen molar-refractivity contribution < 1.29 is 28.6 Å². The average molecular weight is 1150 g/mol. The van der Waals surface area contributed by atoms with Gasteiger partial charge in [0.25, 0.3) is 0 Å². The number of hydrogen-bond donors (Lipinski definition) is 0. The van der Waals surface area contributed by atoms with Crippen LogP contribution in [0.5, 0.6) is 0 Å². The predicted molar refractivity (Wildman–Crippen MR) is 362 cm³/mol. The van der Waals surface area contributed by atoms with Crippen molar-refractivity contribution in [2.24, 2.45) is 0 Å². The van der Waals surface area contributed by atoms with Crippen LogP contribution in [0, 0.1) is 0 Å². The summed E-state index contributed by atoms with van der Waals surface area (Å²) in [6.45, 7) is 6.39. The summed E-state index contributed by atoms with van der Waals surface area (Å²) < 4.78 is 17.0. The number of carbonyl (C=O) groups excluding carboxylic acids is 3. The molecule has 0 rings (SSSR count). The fraction of sp³-hybridized carbons (Fsp3) is 0.701. The van der Waals surface area contributed by atoms with Gasteiger partial charge >= 0.3 is 17.9 Å². The van der Waals surface area contributed by atoms with Crippen molar-refractivity contribution in [3.63, 3.8) is 0 Å². The van der Waals surface area contributed by atoms with E-state index in [4.69, 9.17) is 14.2 Å². The highest BCUT2D eigenvalue weighted by Crippen LogP contribution is 2.17. The minimum Gasteiger partial charge on any atom is -0.462 e. The number of unbranched alkanes of at least 4 members (excludes halogenated alkanes) is 32. The quantitative estimate of drug-likeness (QED) is 0.0261. The van der Waals surface area contributed by atoms with Crippen LogP contribution in [0.1, 0.15) is 329 Å². The van der Waals surface area contributed by atoms with Gasteiger partial charge in [-0.05, 0) is 128 Å². The summed E-state index contributed by atoms with van der Waals surface area (Å²) in [5.74, 6) is -0.910. The molecule has 0 aromatic rings. The third-order valence-corrected chi connectivity index (χ3v) is 14.9. The van der Waals surface area contributed by atoms with Crippen LogP contribution < -0.4 is 0 Å². The molecule has 0 N–H and O–H groups in total. The summed E-state index contributed by atoms with van der Waals surface area (Å²) in [5, 5.41) is 0. The zero-order chi connectivity index (χ0) is 59.9. The van der Waals surface area contributed by atoms with E-state index in [9.17, 15) is 14.4 Å². The van der Waals surface area contributed by atoms with E-state index in [1.807, 2.05) is 0 Å². The monoisotopic (exact) mass is 1150 g/mol. The van der Waals surface area contributed by atoms with Crippen LogP contribution in [0.4, 0.5) is 0 Å². The van der Waals surface area contributed by atoms with Crippen molar-refractivity contribution in [1.29, 1.82) is 0 Å². The summed E-state index contributed by atoms with van der Waals surface area (Å²) in [5.41, 5.74) is 0. The van der Waals surface area contributed by atoms with Crippen molar-refractivity contribution in [2.75, 3.05) is 13.2 Å². The molecule has 0 aliphatic rings. The lowest BCUT2D eigenvalue weighted by molar-refractivity contribution is -0.167. The van der Waals surface area contributed by atoms with Gasteiger partial charge < -0.3 is 14.2 Å². The molecule has 6 nitrogen and oxygen atoms in total. The minimum atomic E-state index is -0.797. The lowest BCUT2D eigenvalue weighted by atomic mass is 10.0. The zero-order valence-electron chi connectivity index (χ0n) is 54.4. The molecule has 0 aromatic carbocycles. The van der Waals surface area contributed by atoms with E-state index in [1.54, 1.807) is 0 Å². The molecule has 0 aromatic heterocycles. The highest BCUT2D eigenvalue weighted by Gasteiger charge is 2.19. The molecule has 0 bridgehead atoms. The average Bonchev–Trinajstić information content (AvgIpc) is 3.49. The predicted octanol–water partition coefficient (Wildman–Crippen LogP) is 24.3. The van der Waals surface area contributed by atoms with Crippen molar-refractivity contribution in [1.82, 2.24) is 0 Å². The second kappa shape index (κ2) is 70.3. The Kier molecular flexibility index (Phi) is 66.7. The van der Waals surface area contributed by atoms with Crippen LogP contribution in [-0.4, -0.2) is 37.2 Å². The lowest BCUT2D eigenvalue weighted by Crippen LogP contribution is -2.30. The molecule has 0 saturated carbocycles. The van der Waals surface area contributed by atoms with E-state index in [0.717, 1.165) is 135 Å². The molecular weight excluding hydrogens is 1020 g/mol. The molecule has 6 heteroatoms. The van der Waals surface area contributed by atoms with E-state index < -0.39 is 6.10 Å². The van der Waals surface area contributed by atoms with Crippen molar-refractivity contribution in [3.8, 4) is 0 Å². The smallest absolute Gasteiger partial charge is 0.306 e. The molecule has 0 heterocycles. The second-order valence-electron chi connectivity index (χ2n) is 23.0. The van der Waals surface area contributed by atoms with Gasteiger partial charge in [-0.2, -0.15) is 0 Å². The van der Waals surface area contributed by atoms with Gasteiger partial charge in [-0.25, -0.2) is 0 Å². The van der Waals surface area contributed by atoms with E-state index in [-0.39, 0.29) is 31.1 Å². The maximum Gasteiger partial charge on any atom is 0.306 e. The first kappa shape index (κ1) is 78.8. The highest BCUT2D eigenvalue weighted by molar-refractivity contribution is 5.71. The van der Waals surface area contributed by atoms with Crippen LogP contribution in [0.3, 0.4) is 0 Å². The third kappa shape index (κ3) is 68.5. The fourth-order valence-corrected chi connectivity index (χ4v) is 9.75. The molecule has 0 amide bonds. The first-order valence-corrected chi connectivity index (χ1v) is 35.0.